The lowest BCUT2D eigenvalue weighted by Gasteiger charge is -2.21. The number of rotatable bonds is 4. The fraction of sp³-hybridized carbons (Fsp3) is 0.474. The summed E-state index contributed by atoms with van der Waals surface area (Å²) in [5, 5.41) is 20.6. The van der Waals surface area contributed by atoms with E-state index in [0.29, 0.717) is 18.7 Å². The topological polar surface area (TPSA) is 67.3 Å². The standard InChI is InChI=1S/C19H24N4O2/c1-13(2)23-11-18(20-21-23)19(24)8-9-22(12-19)10-16-14(3)25-17-7-5-4-6-15(16)17/h4-7,11,13,24H,8-10,12H2,1-3H3. The molecule has 2 aromatic heterocycles. The fourth-order valence-corrected chi connectivity index (χ4v) is 3.60. The van der Waals surface area contributed by atoms with E-state index in [2.05, 4.69) is 35.1 Å². The van der Waals surface area contributed by atoms with Gasteiger partial charge in [0, 0.05) is 36.6 Å². The molecule has 3 aromatic rings. The first-order valence-corrected chi connectivity index (χ1v) is 8.80. The maximum Gasteiger partial charge on any atom is 0.134 e. The Kier molecular flexibility index (Phi) is 3.89. The van der Waals surface area contributed by atoms with E-state index in [9.17, 15) is 5.11 Å². The smallest absolute Gasteiger partial charge is 0.134 e. The number of aromatic nitrogens is 3. The van der Waals surface area contributed by atoms with Crippen LogP contribution in [0.5, 0.6) is 0 Å². The van der Waals surface area contributed by atoms with Crippen LogP contribution in [0, 0.1) is 6.92 Å². The second-order valence-electron chi connectivity index (χ2n) is 7.30. The van der Waals surface area contributed by atoms with Gasteiger partial charge in [-0.2, -0.15) is 0 Å². The van der Waals surface area contributed by atoms with Crippen molar-refractivity contribution in [3.63, 3.8) is 0 Å². The molecule has 0 radical (unpaired) electrons. The van der Waals surface area contributed by atoms with Crippen LogP contribution in [-0.2, 0) is 12.1 Å². The van der Waals surface area contributed by atoms with Crippen LogP contribution in [0.4, 0.5) is 0 Å². The van der Waals surface area contributed by atoms with Crippen molar-refractivity contribution in [2.24, 2.45) is 0 Å². The van der Waals surface area contributed by atoms with Crippen molar-refractivity contribution in [1.82, 2.24) is 19.9 Å². The average molecular weight is 340 g/mol. The maximum absolute atomic E-state index is 11.1. The molecule has 6 nitrogen and oxygen atoms in total. The second-order valence-corrected chi connectivity index (χ2v) is 7.30. The summed E-state index contributed by atoms with van der Waals surface area (Å²) in [6.07, 6.45) is 2.53. The third-order valence-corrected chi connectivity index (χ3v) is 5.12. The molecule has 6 heteroatoms. The summed E-state index contributed by atoms with van der Waals surface area (Å²) in [4.78, 5) is 2.26. The van der Waals surface area contributed by atoms with Crippen molar-refractivity contribution in [2.75, 3.05) is 13.1 Å². The van der Waals surface area contributed by atoms with Crippen molar-refractivity contribution < 1.29 is 9.52 Å². The summed E-state index contributed by atoms with van der Waals surface area (Å²) in [5.41, 5.74) is 1.85. The van der Waals surface area contributed by atoms with E-state index in [1.807, 2.05) is 31.3 Å². The highest BCUT2D eigenvalue weighted by Gasteiger charge is 2.40. The van der Waals surface area contributed by atoms with Gasteiger partial charge in [-0.3, -0.25) is 4.90 Å². The summed E-state index contributed by atoms with van der Waals surface area (Å²) >= 11 is 0. The first-order valence-electron chi connectivity index (χ1n) is 8.80. The zero-order chi connectivity index (χ0) is 17.6. The third kappa shape index (κ3) is 2.85. The number of nitrogens with zero attached hydrogens (tertiary/aromatic N) is 4. The first kappa shape index (κ1) is 16.3. The number of likely N-dealkylation sites (tertiary alicyclic amines) is 1. The van der Waals surface area contributed by atoms with Crippen molar-refractivity contribution >= 4 is 11.0 Å². The number of para-hydroxylation sites is 1. The molecule has 1 N–H and O–H groups in total. The summed E-state index contributed by atoms with van der Waals surface area (Å²) in [5.74, 6) is 0.947. The number of benzene rings is 1. The highest BCUT2D eigenvalue weighted by atomic mass is 16.3. The van der Waals surface area contributed by atoms with Crippen molar-refractivity contribution in [1.29, 1.82) is 0 Å². The van der Waals surface area contributed by atoms with Gasteiger partial charge in [0.25, 0.3) is 0 Å². The molecule has 0 bridgehead atoms. The molecule has 1 saturated heterocycles. The summed E-state index contributed by atoms with van der Waals surface area (Å²) in [6.45, 7) is 8.26. The Morgan fingerprint density at radius 3 is 2.88 bits per heavy atom. The van der Waals surface area contributed by atoms with Gasteiger partial charge in [-0.1, -0.05) is 23.4 Å². The van der Waals surface area contributed by atoms with Crippen LogP contribution in [0.15, 0.2) is 34.9 Å². The SMILES string of the molecule is Cc1oc2ccccc2c1CN1CCC(O)(c2cn(C(C)C)nn2)C1. The zero-order valence-corrected chi connectivity index (χ0v) is 14.9. The van der Waals surface area contributed by atoms with E-state index >= 15 is 0 Å². The molecule has 0 amide bonds. The molecule has 1 fully saturated rings. The molecule has 0 saturated carbocycles. The Hall–Kier alpha value is -2.18. The minimum atomic E-state index is -0.930. The number of aryl methyl sites for hydroxylation is 1. The van der Waals surface area contributed by atoms with Crippen LogP contribution in [0.1, 0.15) is 43.3 Å². The lowest BCUT2D eigenvalue weighted by molar-refractivity contribution is 0.0408. The molecule has 4 rings (SSSR count). The molecule has 1 aromatic carbocycles. The third-order valence-electron chi connectivity index (χ3n) is 5.12. The van der Waals surface area contributed by atoms with Crippen molar-refractivity contribution in [2.45, 2.75) is 45.4 Å². The quantitative estimate of drug-likeness (QED) is 0.791. The van der Waals surface area contributed by atoms with Crippen LogP contribution in [-0.4, -0.2) is 38.1 Å². The molecule has 3 heterocycles. The minimum absolute atomic E-state index is 0.238. The fourth-order valence-electron chi connectivity index (χ4n) is 3.60. The van der Waals surface area contributed by atoms with Crippen molar-refractivity contribution in [3.05, 3.63) is 47.5 Å². The average Bonchev–Trinajstić information content (AvgIpc) is 3.27. The Balaban J connectivity index is 1.54. The molecule has 132 valence electrons. The molecular weight excluding hydrogens is 316 g/mol. The molecule has 1 atom stereocenters. The Labute approximate surface area is 147 Å². The Bertz CT molecular complexity index is 898. The molecule has 25 heavy (non-hydrogen) atoms. The van der Waals surface area contributed by atoms with Crippen LogP contribution in [0.2, 0.25) is 0 Å². The number of aliphatic hydroxyl groups is 1. The van der Waals surface area contributed by atoms with Crippen molar-refractivity contribution in [3.8, 4) is 0 Å². The summed E-state index contributed by atoms with van der Waals surface area (Å²) in [7, 11) is 0. The normalized spacial score (nSPS) is 21.6. The van der Waals surface area contributed by atoms with Crippen LogP contribution >= 0.6 is 0 Å². The summed E-state index contributed by atoms with van der Waals surface area (Å²) in [6, 6.07) is 8.35. The number of furan rings is 1. The van der Waals surface area contributed by atoms with Crippen LogP contribution in [0.3, 0.4) is 0 Å². The van der Waals surface area contributed by atoms with E-state index in [1.165, 1.54) is 5.56 Å². The predicted molar refractivity (Wildman–Crippen MR) is 95.1 cm³/mol. The number of hydrogen-bond acceptors (Lipinski definition) is 5. The lowest BCUT2D eigenvalue weighted by atomic mass is 10.00. The monoisotopic (exact) mass is 340 g/mol. The molecule has 0 spiro atoms. The lowest BCUT2D eigenvalue weighted by Crippen LogP contribution is -2.31. The Morgan fingerprint density at radius 2 is 2.12 bits per heavy atom. The Morgan fingerprint density at radius 1 is 1.32 bits per heavy atom. The number of hydrogen-bond donors (Lipinski definition) is 1. The zero-order valence-electron chi connectivity index (χ0n) is 14.9. The highest BCUT2D eigenvalue weighted by molar-refractivity contribution is 5.82. The number of β-amino-alcohol motifs (C(OH)–C–C–N with tert-alkyl or cyclic N) is 1. The van der Waals surface area contributed by atoms with Gasteiger partial charge in [0.15, 0.2) is 0 Å². The molecule has 1 unspecified atom stereocenters. The van der Waals surface area contributed by atoms with Crippen LogP contribution < -0.4 is 0 Å². The summed E-state index contributed by atoms with van der Waals surface area (Å²) < 4.78 is 7.66. The van der Waals surface area contributed by atoms with Gasteiger partial charge in [0.05, 0.1) is 6.20 Å². The van der Waals surface area contributed by atoms with Gasteiger partial charge >= 0.3 is 0 Å². The van der Waals surface area contributed by atoms with E-state index in [4.69, 9.17) is 4.42 Å². The van der Waals surface area contributed by atoms with Gasteiger partial charge in [0.1, 0.15) is 22.6 Å². The number of fused-ring (bicyclic) bond motifs is 1. The maximum atomic E-state index is 11.1. The van der Waals surface area contributed by atoms with E-state index in [0.717, 1.165) is 29.8 Å². The van der Waals surface area contributed by atoms with Gasteiger partial charge in [0.2, 0.25) is 0 Å². The molecule has 1 aliphatic heterocycles. The molecule has 1 aliphatic rings. The van der Waals surface area contributed by atoms with Gasteiger partial charge in [-0.25, -0.2) is 4.68 Å². The largest absolute Gasteiger partial charge is 0.461 e. The van der Waals surface area contributed by atoms with E-state index in [-0.39, 0.29) is 6.04 Å². The van der Waals surface area contributed by atoms with E-state index < -0.39 is 5.60 Å². The van der Waals surface area contributed by atoms with Crippen LogP contribution in [0.25, 0.3) is 11.0 Å². The van der Waals surface area contributed by atoms with Gasteiger partial charge in [-0.15, -0.1) is 5.10 Å². The highest BCUT2D eigenvalue weighted by Crippen LogP contribution is 2.33. The first-order chi connectivity index (χ1) is 12.0. The minimum Gasteiger partial charge on any atom is -0.461 e. The predicted octanol–water partition coefficient (Wildman–Crippen LogP) is 3.01. The second kappa shape index (κ2) is 5.97. The van der Waals surface area contributed by atoms with Gasteiger partial charge < -0.3 is 9.52 Å². The van der Waals surface area contributed by atoms with E-state index in [1.54, 1.807) is 4.68 Å². The molecule has 0 aliphatic carbocycles. The molecular formula is C19H24N4O2. The van der Waals surface area contributed by atoms with Gasteiger partial charge in [-0.05, 0) is 33.3 Å².